The summed E-state index contributed by atoms with van der Waals surface area (Å²) in [4.78, 5) is 43.3. The van der Waals surface area contributed by atoms with E-state index >= 15 is 0 Å². The molecular formula is C23H35N5O4. The smallest absolute Gasteiger partial charge is 0.411 e. The molecule has 3 rings (SSSR count). The molecule has 0 atom stereocenters. The highest BCUT2D eigenvalue weighted by molar-refractivity contribution is 5.98. The molecule has 0 unspecified atom stereocenters. The third-order valence-electron chi connectivity index (χ3n) is 5.72. The summed E-state index contributed by atoms with van der Waals surface area (Å²) in [6.07, 6.45) is -0.0673. The lowest BCUT2D eigenvalue weighted by atomic mass is 9.91. The summed E-state index contributed by atoms with van der Waals surface area (Å²) < 4.78 is 4.78. The van der Waals surface area contributed by atoms with Crippen molar-refractivity contribution in [1.82, 2.24) is 15.1 Å². The van der Waals surface area contributed by atoms with E-state index in [4.69, 9.17) is 4.74 Å². The summed E-state index contributed by atoms with van der Waals surface area (Å²) in [6.45, 7) is 11.6. The zero-order valence-electron chi connectivity index (χ0n) is 19.6. The van der Waals surface area contributed by atoms with Gasteiger partial charge in [0.25, 0.3) is 5.91 Å². The summed E-state index contributed by atoms with van der Waals surface area (Å²) in [5.74, 6) is 0.116. The van der Waals surface area contributed by atoms with Crippen LogP contribution in [0.15, 0.2) is 18.2 Å². The Balaban J connectivity index is 1.74. The largest absolute Gasteiger partial charge is 0.453 e. The summed E-state index contributed by atoms with van der Waals surface area (Å²) in [6, 6.07) is 5.39. The molecule has 0 spiro atoms. The van der Waals surface area contributed by atoms with E-state index in [1.807, 2.05) is 15.9 Å². The molecule has 0 saturated carbocycles. The average Bonchev–Trinajstić information content (AvgIpc) is 2.78. The van der Waals surface area contributed by atoms with E-state index in [9.17, 15) is 14.4 Å². The van der Waals surface area contributed by atoms with Crippen molar-refractivity contribution >= 4 is 29.3 Å². The summed E-state index contributed by atoms with van der Waals surface area (Å²) in [5, 5.41) is 5.99. The van der Waals surface area contributed by atoms with Crippen LogP contribution in [0.4, 0.5) is 16.2 Å². The maximum Gasteiger partial charge on any atom is 0.411 e. The van der Waals surface area contributed by atoms with Crippen LogP contribution in [0.1, 0.15) is 37.6 Å². The lowest BCUT2D eigenvalue weighted by Gasteiger charge is -2.38. The number of anilines is 2. The topological polar surface area (TPSA) is 94.2 Å². The van der Waals surface area contributed by atoms with Crippen molar-refractivity contribution in [1.29, 1.82) is 0 Å². The van der Waals surface area contributed by atoms with Gasteiger partial charge in [0.2, 0.25) is 5.91 Å². The van der Waals surface area contributed by atoms with Gasteiger partial charge in [0.05, 0.1) is 18.5 Å². The number of carbonyl (C=O) groups is 3. The Kier molecular flexibility index (Phi) is 7.60. The number of amides is 3. The van der Waals surface area contributed by atoms with Gasteiger partial charge in [-0.25, -0.2) is 4.79 Å². The fourth-order valence-corrected chi connectivity index (χ4v) is 4.02. The van der Waals surface area contributed by atoms with Crippen LogP contribution in [-0.2, 0) is 9.53 Å². The summed E-state index contributed by atoms with van der Waals surface area (Å²) >= 11 is 0. The second-order valence-corrected chi connectivity index (χ2v) is 9.50. The quantitative estimate of drug-likeness (QED) is 0.736. The van der Waals surface area contributed by atoms with E-state index < -0.39 is 6.09 Å². The fourth-order valence-electron chi connectivity index (χ4n) is 4.02. The maximum absolute atomic E-state index is 12.9. The van der Waals surface area contributed by atoms with E-state index in [2.05, 4.69) is 36.3 Å². The molecule has 2 N–H and O–H groups in total. The van der Waals surface area contributed by atoms with Crippen molar-refractivity contribution in [3.05, 3.63) is 23.8 Å². The van der Waals surface area contributed by atoms with Crippen LogP contribution in [0.25, 0.3) is 0 Å². The van der Waals surface area contributed by atoms with Gasteiger partial charge in [-0.3, -0.25) is 14.9 Å². The molecule has 2 fully saturated rings. The number of methoxy groups -OCH3 is 1. The van der Waals surface area contributed by atoms with Gasteiger partial charge in [0, 0.05) is 64.3 Å². The molecule has 2 aliphatic rings. The number of nitrogens with zero attached hydrogens (tertiary/aromatic N) is 3. The normalized spacial score (nSPS) is 17.2. The first-order chi connectivity index (χ1) is 15.2. The van der Waals surface area contributed by atoms with Crippen molar-refractivity contribution in [2.24, 2.45) is 5.41 Å². The maximum atomic E-state index is 12.9. The number of carbonyl (C=O) groups excluding carboxylic acids is 3. The van der Waals surface area contributed by atoms with E-state index in [-0.39, 0.29) is 17.2 Å². The molecule has 3 amide bonds. The Morgan fingerprint density at radius 2 is 1.66 bits per heavy atom. The minimum absolute atomic E-state index is 0.0430. The Morgan fingerprint density at radius 1 is 1.00 bits per heavy atom. The van der Waals surface area contributed by atoms with Crippen LogP contribution in [0.5, 0.6) is 0 Å². The summed E-state index contributed by atoms with van der Waals surface area (Å²) in [5.41, 5.74) is 1.84. The van der Waals surface area contributed by atoms with Crippen molar-refractivity contribution in [2.45, 2.75) is 27.2 Å². The number of hydrogen-bond acceptors (Lipinski definition) is 6. The number of benzene rings is 1. The number of piperazine rings is 2. The van der Waals surface area contributed by atoms with Crippen LogP contribution in [0, 0.1) is 5.41 Å². The minimum atomic E-state index is -0.586. The number of nitrogens with one attached hydrogen (secondary N) is 2. The van der Waals surface area contributed by atoms with Gasteiger partial charge in [0.15, 0.2) is 0 Å². The zero-order chi connectivity index (χ0) is 23.3. The lowest BCUT2D eigenvalue weighted by Crippen LogP contribution is -2.49. The number of rotatable bonds is 4. The Labute approximate surface area is 190 Å². The van der Waals surface area contributed by atoms with Gasteiger partial charge in [-0.2, -0.15) is 0 Å². The molecule has 176 valence electrons. The first-order valence-corrected chi connectivity index (χ1v) is 11.2. The third kappa shape index (κ3) is 6.12. The fraction of sp³-hybridized carbons (Fsp3) is 0.609. The molecule has 1 aromatic carbocycles. The zero-order valence-corrected chi connectivity index (χ0v) is 19.6. The third-order valence-corrected chi connectivity index (χ3v) is 5.72. The molecule has 9 heteroatoms. The lowest BCUT2D eigenvalue weighted by molar-refractivity contribution is -0.133. The predicted octanol–water partition coefficient (Wildman–Crippen LogP) is 2.00. The van der Waals surface area contributed by atoms with Crippen LogP contribution < -0.4 is 15.5 Å². The molecule has 2 heterocycles. The van der Waals surface area contributed by atoms with Crippen molar-refractivity contribution in [3.63, 3.8) is 0 Å². The van der Waals surface area contributed by atoms with E-state index in [1.54, 1.807) is 12.1 Å². The molecule has 9 nitrogen and oxygen atoms in total. The van der Waals surface area contributed by atoms with Gasteiger partial charge >= 0.3 is 6.09 Å². The van der Waals surface area contributed by atoms with Crippen LogP contribution in [-0.4, -0.2) is 87.2 Å². The molecule has 2 aliphatic heterocycles. The monoisotopic (exact) mass is 445 g/mol. The van der Waals surface area contributed by atoms with Gasteiger partial charge < -0.3 is 24.8 Å². The molecule has 0 bridgehead atoms. The number of ether oxygens (including phenoxy) is 1. The van der Waals surface area contributed by atoms with Crippen molar-refractivity contribution in [2.75, 3.05) is 69.7 Å². The van der Waals surface area contributed by atoms with E-state index in [1.165, 1.54) is 7.11 Å². The highest BCUT2D eigenvalue weighted by Crippen LogP contribution is 2.30. The molecule has 1 aromatic rings. The summed E-state index contributed by atoms with van der Waals surface area (Å²) in [7, 11) is 1.31. The predicted molar refractivity (Wildman–Crippen MR) is 124 cm³/mol. The van der Waals surface area contributed by atoms with Gasteiger partial charge in [-0.15, -0.1) is 0 Å². The molecular weight excluding hydrogens is 410 g/mol. The highest BCUT2D eigenvalue weighted by Gasteiger charge is 2.27. The molecule has 2 saturated heterocycles. The minimum Gasteiger partial charge on any atom is -0.453 e. The standard InChI is InChI=1S/C23H35N5O4/c1-23(2,3)16-20(29)27-13-11-26(12-14-27)19-6-5-17(15-18(19)25-22(31)32-4)21(30)28-9-7-24-8-10-28/h5-6,15,24H,7-14,16H2,1-4H3,(H,25,31). The molecule has 0 aromatic heterocycles. The first-order valence-electron chi connectivity index (χ1n) is 11.2. The second-order valence-electron chi connectivity index (χ2n) is 9.50. The van der Waals surface area contributed by atoms with Crippen LogP contribution in [0.3, 0.4) is 0 Å². The molecule has 0 radical (unpaired) electrons. The van der Waals surface area contributed by atoms with Gasteiger partial charge in [-0.1, -0.05) is 20.8 Å². The van der Waals surface area contributed by atoms with Crippen LogP contribution >= 0.6 is 0 Å². The number of hydrogen-bond donors (Lipinski definition) is 2. The van der Waals surface area contributed by atoms with Gasteiger partial charge in [-0.05, 0) is 23.6 Å². The highest BCUT2D eigenvalue weighted by atomic mass is 16.5. The van der Waals surface area contributed by atoms with E-state index in [0.717, 1.165) is 18.8 Å². The van der Waals surface area contributed by atoms with Crippen molar-refractivity contribution < 1.29 is 19.1 Å². The Hall–Kier alpha value is -2.81. The van der Waals surface area contributed by atoms with Gasteiger partial charge in [0.1, 0.15) is 0 Å². The second kappa shape index (κ2) is 10.2. The van der Waals surface area contributed by atoms with Crippen LogP contribution in [0.2, 0.25) is 0 Å². The van der Waals surface area contributed by atoms with Crippen molar-refractivity contribution in [3.8, 4) is 0 Å². The van der Waals surface area contributed by atoms with E-state index in [0.29, 0.717) is 56.9 Å². The average molecular weight is 446 g/mol. The first kappa shape index (κ1) is 23.8. The Bertz CT molecular complexity index is 837. The Morgan fingerprint density at radius 3 is 2.25 bits per heavy atom. The molecule has 32 heavy (non-hydrogen) atoms. The SMILES string of the molecule is COC(=O)Nc1cc(C(=O)N2CCNCC2)ccc1N1CCN(C(=O)CC(C)(C)C)CC1. The molecule has 0 aliphatic carbocycles.